The second-order valence-electron chi connectivity index (χ2n) is 6.45. The largest absolute Gasteiger partial charge is 0.471 e. The molecule has 0 aliphatic carbocycles. The van der Waals surface area contributed by atoms with Crippen LogP contribution in [-0.2, 0) is 12.8 Å². The fraction of sp³-hybridized carbons (Fsp3) is 0.182. The summed E-state index contributed by atoms with van der Waals surface area (Å²) in [5.74, 6) is -0.184. The fourth-order valence-corrected chi connectivity index (χ4v) is 3.02. The van der Waals surface area contributed by atoms with E-state index in [1.807, 2.05) is 13.0 Å². The van der Waals surface area contributed by atoms with Crippen LogP contribution in [0.15, 0.2) is 61.9 Å². The molecule has 0 spiro atoms. The molecular weight excluding hydrogens is 387 g/mol. The van der Waals surface area contributed by atoms with Crippen LogP contribution in [0.3, 0.4) is 0 Å². The minimum Gasteiger partial charge on any atom is -0.471 e. The maximum absolute atomic E-state index is 14.1. The molecule has 0 saturated carbocycles. The minimum atomic E-state index is -0.555. The number of aryl methyl sites for hydroxylation is 2. The zero-order valence-corrected chi connectivity index (χ0v) is 16.5. The molecule has 0 bridgehead atoms. The van der Waals surface area contributed by atoms with Crippen LogP contribution in [0.1, 0.15) is 16.7 Å². The Bertz CT molecular complexity index is 1180. The lowest BCUT2D eigenvalue weighted by molar-refractivity contribution is 0.332. The van der Waals surface area contributed by atoms with Crippen LogP contribution < -0.4 is 16.1 Å². The molecule has 0 aliphatic rings. The summed E-state index contributed by atoms with van der Waals surface area (Å²) in [5, 5.41) is 0.787. The number of hydrogen-bond acceptors (Lipinski definition) is 7. The molecule has 8 heteroatoms. The molecule has 154 valence electrons. The van der Waals surface area contributed by atoms with Crippen molar-refractivity contribution in [3.05, 3.63) is 75.7 Å². The number of allylic oxidation sites excluding steroid dienone is 1. The van der Waals surface area contributed by atoms with Gasteiger partial charge in [-0.05, 0) is 61.9 Å². The highest BCUT2D eigenvalue weighted by Gasteiger charge is 2.14. The predicted octanol–water partition coefficient (Wildman–Crippen LogP) is 3.62. The summed E-state index contributed by atoms with van der Waals surface area (Å²) in [6, 6.07) is 6.80. The van der Waals surface area contributed by atoms with Crippen molar-refractivity contribution < 1.29 is 13.5 Å². The third-order valence-corrected chi connectivity index (χ3v) is 4.59. The number of nitrogen functional groups attached to an aromatic ring is 1. The van der Waals surface area contributed by atoms with Gasteiger partial charge in [0.05, 0.1) is 0 Å². The molecule has 0 aliphatic heterocycles. The van der Waals surface area contributed by atoms with E-state index in [4.69, 9.17) is 14.9 Å². The topological polar surface area (TPSA) is 103 Å². The van der Waals surface area contributed by atoms with Gasteiger partial charge in [-0.3, -0.25) is 9.98 Å². The third-order valence-electron chi connectivity index (χ3n) is 4.59. The number of nitrogens with zero attached hydrogens (tertiary/aromatic N) is 3. The van der Waals surface area contributed by atoms with Crippen molar-refractivity contribution >= 4 is 29.7 Å². The van der Waals surface area contributed by atoms with Crippen LogP contribution in [0.4, 0.5) is 10.2 Å². The quantitative estimate of drug-likeness (QED) is 0.453. The summed E-state index contributed by atoms with van der Waals surface area (Å²) in [4.78, 5) is 23.8. The van der Waals surface area contributed by atoms with E-state index < -0.39 is 11.4 Å². The number of ether oxygens (including phenoxy) is 1. The number of aromatic nitrogens is 1. The highest BCUT2D eigenvalue weighted by Crippen LogP contribution is 2.25. The average molecular weight is 408 g/mol. The van der Waals surface area contributed by atoms with E-state index in [-0.39, 0.29) is 12.5 Å². The Morgan fingerprint density at radius 2 is 2.17 bits per heavy atom. The van der Waals surface area contributed by atoms with Gasteiger partial charge in [0.2, 0.25) is 0 Å². The molecule has 0 saturated heterocycles. The van der Waals surface area contributed by atoms with Gasteiger partial charge in [-0.1, -0.05) is 0 Å². The Labute approximate surface area is 172 Å². The number of pyridine rings is 1. The van der Waals surface area contributed by atoms with Crippen LogP contribution in [-0.4, -0.2) is 24.6 Å². The second kappa shape index (κ2) is 9.60. The van der Waals surface area contributed by atoms with Crippen LogP contribution in [0.25, 0.3) is 11.0 Å². The number of aliphatic imine (C=N–C) groups is 2. The third kappa shape index (κ3) is 4.78. The molecule has 2 N–H and O–H groups in total. The zero-order chi connectivity index (χ0) is 21.5. The zero-order valence-electron chi connectivity index (χ0n) is 16.5. The number of fused-ring (bicyclic) bond motifs is 1. The molecule has 30 heavy (non-hydrogen) atoms. The molecule has 0 amide bonds. The lowest BCUT2D eigenvalue weighted by Gasteiger charge is -2.10. The Kier molecular flexibility index (Phi) is 6.69. The first-order chi connectivity index (χ1) is 14.5. The van der Waals surface area contributed by atoms with Crippen LogP contribution in [0.5, 0.6) is 5.75 Å². The van der Waals surface area contributed by atoms with Gasteiger partial charge in [0.1, 0.15) is 11.3 Å². The van der Waals surface area contributed by atoms with E-state index in [9.17, 15) is 9.18 Å². The molecule has 2 heterocycles. The highest BCUT2D eigenvalue weighted by atomic mass is 19.1. The normalized spacial score (nSPS) is 11.5. The molecule has 3 aromatic rings. The maximum atomic E-state index is 14.1. The van der Waals surface area contributed by atoms with Gasteiger partial charge in [0.25, 0.3) is 0 Å². The van der Waals surface area contributed by atoms with Gasteiger partial charge in [0.15, 0.2) is 18.4 Å². The molecule has 3 rings (SSSR count). The SMILES string of the molecule is C=N/C=C\C=NCOc1ccc2c(C)c(CCc3ccnc(N)c3F)c(=O)oc2c1. The first kappa shape index (κ1) is 20.9. The molecule has 0 atom stereocenters. The van der Waals surface area contributed by atoms with Gasteiger partial charge in [-0.25, -0.2) is 14.2 Å². The van der Waals surface area contributed by atoms with Crippen LogP contribution in [0.2, 0.25) is 0 Å². The molecule has 0 unspecified atom stereocenters. The average Bonchev–Trinajstić information content (AvgIpc) is 2.73. The summed E-state index contributed by atoms with van der Waals surface area (Å²) in [6.45, 7) is 5.27. The Morgan fingerprint density at radius 1 is 1.33 bits per heavy atom. The van der Waals surface area contributed by atoms with Gasteiger partial charge < -0.3 is 14.9 Å². The second-order valence-corrected chi connectivity index (χ2v) is 6.45. The molecule has 1 aromatic carbocycles. The van der Waals surface area contributed by atoms with Crippen molar-refractivity contribution in [2.24, 2.45) is 9.98 Å². The van der Waals surface area contributed by atoms with Gasteiger partial charge in [-0.2, -0.15) is 0 Å². The lowest BCUT2D eigenvalue weighted by Crippen LogP contribution is -2.12. The Balaban J connectivity index is 1.78. The van der Waals surface area contributed by atoms with E-state index in [2.05, 4.69) is 21.7 Å². The monoisotopic (exact) mass is 408 g/mol. The Morgan fingerprint density at radius 3 is 2.97 bits per heavy atom. The summed E-state index contributed by atoms with van der Waals surface area (Å²) >= 11 is 0. The summed E-state index contributed by atoms with van der Waals surface area (Å²) in [6.07, 6.45) is 6.77. The van der Waals surface area contributed by atoms with Crippen molar-refractivity contribution in [1.29, 1.82) is 0 Å². The summed E-state index contributed by atoms with van der Waals surface area (Å²) < 4.78 is 25.1. The van der Waals surface area contributed by atoms with E-state index in [1.54, 1.807) is 30.5 Å². The fourth-order valence-electron chi connectivity index (χ4n) is 3.02. The number of rotatable bonds is 8. The number of benzene rings is 1. The van der Waals surface area contributed by atoms with Crippen molar-refractivity contribution in [2.75, 3.05) is 12.5 Å². The molecule has 7 nitrogen and oxygen atoms in total. The number of hydrogen-bond donors (Lipinski definition) is 1. The molecule has 0 fully saturated rings. The number of halogens is 1. The summed E-state index contributed by atoms with van der Waals surface area (Å²) in [7, 11) is 0. The highest BCUT2D eigenvalue weighted by molar-refractivity contribution is 5.82. The Hall–Kier alpha value is -3.81. The molecule has 2 aromatic heterocycles. The van der Waals surface area contributed by atoms with Crippen molar-refractivity contribution in [3.63, 3.8) is 0 Å². The van der Waals surface area contributed by atoms with Crippen molar-refractivity contribution in [3.8, 4) is 5.75 Å². The number of anilines is 1. The predicted molar refractivity (Wildman–Crippen MR) is 116 cm³/mol. The van der Waals surface area contributed by atoms with E-state index in [1.165, 1.54) is 12.4 Å². The van der Waals surface area contributed by atoms with Crippen molar-refractivity contribution in [1.82, 2.24) is 4.98 Å². The van der Waals surface area contributed by atoms with Gasteiger partial charge in [0, 0.05) is 35.6 Å². The van der Waals surface area contributed by atoms with Crippen LogP contribution >= 0.6 is 0 Å². The summed E-state index contributed by atoms with van der Waals surface area (Å²) in [5.41, 5.74) is 7.15. The van der Waals surface area contributed by atoms with Crippen LogP contribution in [0, 0.1) is 12.7 Å². The maximum Gasteiger partial charge on any atom is 0.339 e. The van der Waals surface area contributed by atoms with Gasteiger partial charge >= 0.3 is 5.63 Å². The van der Waals surface area contributed by atoms with Crippen molar-refractivity contribution in [2.45, 2.75) is 19.8 Å². The smallest absolute Gasteiger partial charge is 0.339 e. The van der Waals surface area contributed by atoms with E-state index in [0.29, 0.717) is 35.3 Å². The van der Waals surface area contributed by atoms with E-state index >= 15 is 0 Å². The molecular formula is C22H21FN4O3. The van der Waals surface area contributed by atoms with E-state index in [0.717, 1.165) is 10.9 Å². The molecule has 0 radical (unpaired) electrons. The first-order valence-electron chi connectivity index (χ1n) is 9.20. The first-order valence-corrected chi connectivity index (χ1v) is 9.20. The van der Waals surface area contributed by atoms with Gasteiger partial charge in [-0.15, -0.1) is 0 Å². The minimum absolute atomic E-state index is 0.106. The number of nitrogens with two attached hydrogens (primary N) is 1. The standard InChI is InChI=1S/C22H21FN4O3/c1-14-17-7-5-16(29-13-26-10-3-9-25-2)12-19(17)30-22(28)18(14)6-4-15-8-11-27-21(24)20(15)23/h3,5,7-12H,2,4,6,13H2,1H3,(H2,24,27)/b9-3-,26-10?. The lowest BCUT2D eigenvalue weighted by atomic mass is 10.00.